The lowest BCUT2D eigenvalue weighted by molar-refractivity contribution is -0.139. The second-order valence-electron chi connectivity index (χ2n) is 6.78. The highest BCUT2D eigenvalue weighted by atomic mass is 35.5. The minimum Gasteiger partial charge on any atom is -0.495 e. The number of methoxy groups -OCH3 is 2. The first-order valence-corrected chi connectivity index (χ1v) is 10.0. The van der Waals surface area contributed by atoms with Gasteiger partial charge < -0.3 is 23.8 Å². The molecule has 1 aliphatic rings. The standard InChI is InChI=1S/C22H24ClNO6/c1-4-9-29-17-7-5-6-8-18(17)30-22(26)14-10-21(25)24(13-14)16-11-15(23)19(27-2)12-20(16)28-3/h5-8,11-12,14H,4,9-10,13H2,1-3H3. The van der Waals surface area contributed by atoms with Gasteiger partial charge in [0.05, 0.1) is 37.5 Å². The lowest BCUT2D eigenvalue weighted by Crippen LogP contribution is -2.27. The van der Waals surface area contributed by atoms with Crippen LogP contribution >= 0.6 is 11.6 Å². The van der Waals surface area contributed by atoms with Gasteiger partial charge in [0.25, 0.3) is 0 Å². The van der Waals surface area contributed by atoms with Gasteiger partial charge in [-0.05, 0) is 24.6 Å². The van der Waals surface area contributed by atoms with Crippen molar-refractivity contribution >= 4 is 29.2 Å². The Bertz CT molecular complexity index is 932. The fourth-order valence-corrected chi connectivity index (χ4v) is 3.45. The number of hydrogen-bond donors (Lipinski definition) is 0. The highest BCUT2D eigenvalue weighted by Gasteiger charge is 2.38. The van der Waals surface area contributed by atoms with Crippen molar-refractivity contribution in [3.8, 4) is 23.0 Å². The van der Waals surface area contributed by atoms with Crippen LogP contribution in [0, 0.1) is 5.92 Å². The number of esters is 1. The minimum atomic E-state index is -0.623. The highest BCUT2D eigenvalue weighted by molar-refractivity contribution is 6.32. The number of para-hydroxylation sites is 2. The summed E-state index contributed by atoms with van der Waals surface area (Å²) < 4.78 is 21.8. The van der Waals surface area contributed by atoms with E-state index < -0.39 is 11.9 Å². The summed E-state index contributed by atoms with van der Waals surface area (Å²) >= 11 is 6.23. The van der Waals surface area contributed by atoms with Gasteiger partial charge in [0.15, 0.2) is 11.5 Å². The molecular formula is C22H24ClNO6. The van der Waals surface area contributed by atoms with Gasteiger partial charge in [-0.1, -0.05) is 30.7 Å². The molecule has 1 saturated heterocycles. The molecule has 1 unspecified atom stereocenters. The molecule has 2 aromatic carbocycles. The quantitative estimate of drug-likeness (QED) is 0.461. The van der Waals surface area contributed by atoms with Gasteiger partial charge in [0.2, 0.25) is 5.91 Å². The van der Waals surface area contributed by atoms with Gasteiger partial charge in [0, 0.05) is 19.0 Å². The molecule has 1 fully saturated rings. The van der Waals surface area contributed by atoms with Crippen LogP contribution in [0.25, 0.3) is 0 Å². The Morgan fingerprint density at radius 3 is 2.47 bits per heavy atom. The van der Waals surface area contributed by atoms with E-state index in [1.165, 1.54) is 19.1 Å². The van der Waals surface area contributed by atoms with Gasteiger partial charge in [0.1, 0.15) is 11.5 Å². The third-order valence-electron chi connectivity index (χ3n) is 4.72. The third kappa shape index (κ3) is 4.62. The maximum Gasteiger partial charge on any atom is 0.316 e. The molecule has 0 radical (unpaired) electrons. The summed E-state index contributed by atoms with van der Waals surface area (Å²) in [4.78, 5) is 26.9. The summed E-state index contributed by atoms with van der Waals surface area (Å²) in [5, 5.41) is 0.342. The Labute approximate surface area is 180 Å². The van der Waals surface area contributed by atoms with Gasteiger partial charge in [-0.2, -0.15) is 0 Å². The lowest BCUT2D eigenvalue weighted by atomic mass is 10.1. The molecule has 160 valence electrons. The van der Waals surface area contributed by atoms with E-state index >= 15 is 0 Å². The predicted octanol–water partition coefficient (Wildman–Crippen LogP) is 4.10. The summed E-state index contributed by atoms with van der Waals surface area (Å²) in [7, 11) is 2.99. The molecule has 7 nitrogen and oxygen atoms in total. The maximum absolute atomic E-state index is 12.8. The van der Waals surface area contributed by atoms with E-state index in [1.54, 1.807) is 30.3 Å². The topological polar surface area (TPSA) is 74.3 Å². The van der Waals surface area contributed by atoms with Crippen LogP contribution in [0.3, 0.4) is 0 Å². The van der Waals surface area contributed by atoms with Crippen LogP contribution in [0.15, 0.2) is 36.4 Å². The SMILES string of the molecule is CCCOc1ccccc1OC(=O)C1CC(=O)N(c2cc(Cl)c(OC)cc2OC)C1. The van der Waals surface area contributed by atoms with Gasteiger partial charge in [-0.25, -0.2) is 0 Å². The van der Waals surface area contributed by atoms with Crippen LogP contribution in [0.1, 0.15) is 19.8 Å². The van der Waals surface area contributed by atoms with E-state index in [0.717, 1.165) is 6.42 Å². The number of benzene rings is 2. The summed E-state index contributed by atoms with van der Waals surface area (Å²) in [5.41, 5.74) is 0.482. The molecule has 0 saturated carbocycles. The number of nitrogens with zero attached hydrogens (tertiary/aromatic N) is 1. The van der Waals surface area contributed by atoms with Crippen molar-refractivity contribution in [2.45, 2.75) is 19.8 Å². The van der Waals surface area contributed by atoms with Crippen molar-refractivity contribution in [1.82, 2.24) is 0 Å². The van der Waals surface area contributed by atoms with E-state index in [0.29, 0.717) is 40.3 Å². The molecule has 30 heavy (non-hydrogen) atoms. The summed E-state index contributed by atoms with van der Waals surface area (Å²) in [5.74, 6) is 0.371. The minimum absolute atomic E-state index is 0.0314. The number of amides is 1. The molecule has 0 N–H and O–H groups in total. The number of anilines is 1. The molecule has 0 aromatic heterocycles. The Kier molecular flexibility index (Phi) is 7.05. The smallest absolute Gasteiger partial charge is 0.316 e. The van der Waals surface area contributed by atoms with Crippen molar-refractivity contribution in [3.05, 3.63) is 41.4 Å². The molecule has 3 rings (SSSR count). The maximum atomic E-state index is 12.8. The number of ether oxygens (including phenoxy) is 4. The number of halogens is 1. The van der Waals surface area contributed by atoms with E-state index in [4.69, 9.17) is 30.5 Å². The predicted molar refractivity (Wildman–Crippen MR) is 113 cm³/mol. The molecule has 1 heterocycles. The van der Waals surface area contributed by atoms with Crippen LogP contribution < -0.4 is 23.8 Å². The Hall–Kier alpha value is -2.93. The monoisotopic (exact) mass is 433 g/mol. The van der Waals surface area contributed by atoms with Crippen LogP contribution in [0.2, 0.25) is 5.02 Å². The zero-order valence-corrected chi connectivity index (χ0v) is 17.9. The Balaban J connectivity index is 1.77. The average molecular weight is 434 g/mol. The Morgan fingerprint density at radius 1 is 1.10 bits per heavy atom. The lowest BCUT2D eigenvalue weighted by Gasteiger charge is -2.21. The van der Waals surface area contributed by atoms with Crippen molar-refractivity contribution < 1.29 is 28.5 Å². The largest absolute Gasteiger partial charge is 0.495 e. The van der Waals surface area contributed by atoms with Crippen molar-refractivity contribution in [3.63, 3.8) is 0 Å². The van der Waals surface area contributed by atoms with Crippen LogP contribution in [-0.2, 0) is 9.59 Å². The fourth-order valence-electron chi connectivity index (χ4n) is 3.21. The summed E-state index contributed by atoms with van der Waals surface area (Å²) in [6.07, 6.45) is 0.865. The molecule has 0 aliphatic carbocycles. The molecule has 1 atom stereocenters. The molecule has 2 aromatic rings. The fraction of sp³-hybridized carbons (Fsp3) is 0.364. The van der Waals surface area contributed by atoms with Crippen molar-refractivity contribution in [1.29, 1.82) is 0 Å². The average Bonchev–Trinajstić information content (AvgIpc) is 3.14. The van der Waals surface area contributed by atoms with E-state index in [2.05, 4.69) is 0 Å². The third-order valence-corrected chi connectivity index (χ3v) is 5.02. The first-order valence-electron chi connectivity index (χ1n) is 9.63. The molecule has 8 heteroatoms. The van der Waals surface area contributed by atoms with Gasteiger partial charge >= 0.3 is 5.97 Å². The summed E-state index contributed by atoms with van der Waals surface area (Å²) in [6.45, 7) is 2.67. The van der Waals surface area contributed by atoms with E-state index in [-0.39, 0.29) is 18.9 Å². The number of hydrogen-bond acceptors (Lipinski definition) is 6. The van der Waals surface area contributed by atoms with Crippen LogP contribution in [-0.4, -0.2) is 39.2 Å². The van der Waals surface area contributed by atoms with Gasteiger partial charge in [-0.15, -0.1) is 0 Å². The van der Waals surface area contributed by atoms with E-state index in [9.17, 15) is 9.59 Å². The zero-order valence-electron chi connectivity index (χ0n) is 17.1. The molecule has 1 aliphatic heterocycles. The second kappa shape index (κ2) is 9.71. The summed E-state index contributed by atoms with van der Waals surface area (Å²) in [6, 6.07) is 10.2. The molecule has 0 spiro atoms. The number of carbonyl (C=O) groups is 2. The molecule has 0 bridgehead atoms. The number of rotatable bonds is 8. The number of carbonyl (C=O) groups excluding carboxylic acids is 2. The first kappa shape index (κ1) is 21.8. The van der Waals surface area contributed by atoms with Crippen LogP contribution in [0.4, 0.5) is 5.69 Å². The zero-order chi connectivity index (χ0) is 21.7. The second-order valence-corrected chi connectivity index (χ2v) is 7.19. The van der Waals surface area contributed by atoms with Crippen molar-refractivity contribution in [2.24, 2.45) is 5.92 Å². The first-order chi connectivity index (χ1) is 14.5. The Morgan fingerprint density at radius 2 is 1.80 bits per heavy atom. The molecule has 1 amide bonds. The highest BCUT2D eigenvalue weighted by Crippen LogP contribution is 2.40. The van der Waals surface area contributed by atoms with Crippen LogP contribution in [0.5, 0.6) is 23.0 Å². The van der Waals surface area contributed by atoms with E-state index in [1.807, 2.05) is 13.0 Å². The normalized spacial score (nSPS) is 15.8. The molecular weight excluding hydrogens is 410 g/mol. The van der Waals surface area contributed by atoms with Crippen molar-refractivity contribution in [2.75, 3.05) is 32.3 Å². The van der Waals surface area contributed by atoms with Gasteiger partial charge in [-0.3, -0.25) is 9.59 Å².